The SMILES string of the molecule is N#Cc1cc(-n2c3c(c4ccccc42)C=CCC=C3)c(-n2c3ccccc3c3ccccc32)cc1C#N. The summed E-state index contributed by atoms with van der Waals surface area (Å²) in [4.78, 5) is 0. The lowest BCUT2D eigenvalue weighted by Crippen LogP contribution is -2.07. The van der Waals surface area contributed by atoms with Crippen molar-refractivity contribution in [3.63, 3.8) is 0 Å². The number of aromatic nitrogens is 2. The molecule has 6 aromatic rings. The molecule has 0 radical (unpaired) electrons. The summed E-state index contributed by atoms with van der Waals surface area (Å²) in [6.45, 7) is 0. The van der Waals surface area contributed by atoms with E-state index in [9.17, 15) is 10.5 Å². The number of rotatable bonds is 2. The molecule has 1 aliphatic carbocycles. The first-order valence-electron chi connectivity index (χ1n) is 12.2. The molecular formula is C33H20N4. The highest BCUT2D eigenvalue weighted by Crippen LogP contribution is 2.39. The molecule has 0 fully saturated rings. The number of hydrogen-bond donors (Lipinski definition) is 0. The summed E-state index contributed by atoms with van der Waals surface area (Å²) >= 11 is 0. The summed E-state index contributed by atoms with van der Waals surface area (Å²) in [5, 5.41) is 23.4. The zero-order chi connectivity index (χ0) is 24.9. The van der Waals surface area contributed by atoms with Gasteiger partial charge in [0.1, 0.15) is 12.1 Å². The molecular weight excluding hydrogens is 452 g/mol. The van der Waals surface area contributed by atoms with Gasteiger partial charge in [0.05, 0.1) is 44.7 Å². The Kier molecular flexibility index (Phi) is 4.61. The number of allylic oxidation sites excluding steroid dienone is 2. The van der Waals surface area contributed by atoms with Crippen molar-refractivity contribution in [3.05, 3.63) is 119 Å². The third-order valence-electron chi connectivity index (χ3n) is 7.20. The van der Waals surface area contributed by atoms with Crippen molar-refractivity contribution in [3.8, 4) is 23.5 Å². The minimum atomic E-state index is 0.362. The number of benzene rings is 4. The summed E-state index contributed by atoms with van der Waals surface area (Å²) in [6, 6.07) is 33.3. The van der Waals surface area contributed by atoms with Crippen molar-refractivity contribution < 1.29 is 0 Å². The molecule has 0 unspecified atom stereocenters. The van der Waals surface area contributed by atoms with Gasteiger partial charge in [0.2, 0.25) is 0 Å². The van der Waals surface area contributed by atoms with Crippen LogP contribution < -0.4 is 0 Å². The number of para-hydroxylation sites is 3. The summed E-state index contributed by atoms with van der Waals surface area (Å²) in [5.41, 5.74) is 7.82. The first kappa shape index (κ1) is 21.0. The van der Waals surface area contributed by atoms with Gasteiger partial charge in [-0.3, -0.25) is 0 Å². The molecule has 0 bridgehead atoms. The lowest BCUT2D eigenvalue weighted by molar-refractivity contribution is 1.05. The highest BCUT2D eigenvalue weighted by Gasteiger charge is 2.22. The third kappa shape index (κ3) is 3.00. The molecule has 0 spiro atoms. The fraction of sp³-hybridized carbons (Fsp3) is 0.0303. The monoisotopic (exact) mass is 472 g/mol. The van der Waals surface area contributed by atoms with Crippen LogP contribution in [0.5, 0.6) is 0 Å². The van der Waals surface area contributed by atoms with Crippen LogP contribution in [0.1, 0.15) is 28.8 Å². The van der Waals surface area contributed by atoms with Gasteiger partial charge in [0, 0.05) is 21.7 Å². The average molecular weight is 473 g/mol. The topological polar surface area (TPSA) is 57.4 Å². The van der Waals surface area contributed by atoms with Crippen molar-refractivity contribution in [1.82, 2.24) is 9.13 Å². The fourth-order valence-electron chi connectivity index (χ4n) is 5.63. The zero-order valence-electron chi connectivity index (χ0n) is 19.9. The lowest BCUT2D eigenvalue weighted by Gasteiger charge is -2.18. The van der Waals surface area contributed by atoms with E-state index < -0.39 is 0 Å². The summed E-state index contributed by atoms with van der Waals surface area (Å²) in [6.07, 6.45) is 9.54. The predicted octanol–water partition coefficient (Wildman–Crippen LogP) is 7.90. The molecule has 4 aromatic carbocycles. The Balaban J connectivity index is 1.70. The first-order chi connectivity index (χ1) is 18.3. The van der Waals surface area contributed by atoms with Crippen molar-refractivity contribution >= 4 is 44.9 Å². The van der Waals surface area contributed by atoms with Crippen LogP contribution in [-0.2, 0) is 0 Å². The molecule has 4 heteroatoms. The van der Waals surface area contributed by atoms with Gasteiger partial charge < -0.3 is 9.13 Å². The summed E-state index contributed by atoms with van der Waals surface area (Å²) in [5.74, 6) is 0. The number of fused-ring (bicyclic) bond motifs is 6. The van der Waals surface area contributed by atoms with Gasteiger partial charge in [0.25, 0.3) is 0 Å². The minimum Gasteiger partial charge on any atom is -0.307 e. The van der Waals surface area contributed by atoms with Crippen molar-refractivity contribution in [2.75, 3.05) is 0 Å². The highest BCUT2D eigenvalue weighted by atomic mass is 15.1. The molecule has 4 nitrogen and oxygen atoms in total. The van der Waals surface area contributed by atoms with E-state index in [0.29, 0.717) is 11.1 Å². The Hall–Kier alpha value is -5.32. The number of hydrogen-bond acceptors (Lipinski definition) is 2. The fourth-order valence-corrected chi connectivity index (χ4v) is 5.63. The Morgan fingerprint density at radius 3 is 1.65 bits per heavy atom. The van der Waals surface area contributed by atoms with Crippen LogP contribution in [0, 0.1) is 22.7 Å². The Morgan fingerprint density at radius 2 is 1.05 bits per heavy atom. The average Bonchev–Trinajstić information content (AvgIpc) is 3.32. The molecule has 0 aliphatic heterocycles. The van der Waals surface area contributed by atoms with E-state index in [4.69, 9.17) is 0 Å². The van der Waals surface area contributed by atoms with E-state index in [2.05, 4.69) is 100 Å². The Bertz CT molecular complexity index is 1980. The van der Waals surface area contributed by atoms with E-state index in [1.165, 1.54) is 0 Å². The summed E-state index contributed by atoms with van der Waals surface area (Å²) in [7, 11) is 0. The minimum absolute atomic E-state index is 0.362. The van der Waals surface area contributed by atoms with E-state index in [-0.39, 0.29) is 0 Å². The Morgan fingerprint density at radius 1 is 0.568 bits per heavy atom. The molecule has 0 amide bonds. The molecule has 0 atom stereocenters. The largest absolute Gasteiger partial charge is 0.307 e. The predicted molar refractivity (Wildman–Crippen MR) is 150 cm³/mol. The van der Waals surface area contributed by atoms with Crippen molar-refractivity contribution in [2.24, 2.45) is 0 Å². The molecule has 37 heavy (non-hydrogen) atoms. The quantitative estimate of drug-likeness (QED) is 0.257. The maximum absolute atomic E-state index is 9.99. The van der Waals surface area contributed by atoms with Crippen LogP contribution in [0.4, 0.5) is 0 Å². The van der Waals surface area contributed by atoms with Crippen LogP contribution in [0.15, 0.2) is 97.1 Å². The standard InChI is InChI=1S/C33H20N4/c34-20-22-18-32(36-28-14-3-1-2-10-24(28)25-11-4-7-15-29(25)36)33(19-23(22)21-35)37-30-16-8-5-12-26(30)27-13-6-9-17-31(27)37/h2-19H,1H2. The zero-order valence-corrected chi connectivity index (χ0v) is 19.9. The van der Waals surface area contributed by atoms with Crippen molar-refractivity contribution in [2.45, 2.75) is 6.42 Å². The third-order valence-corrected chi connectivity index (χ3v) is 7.20. The number of nitriles is 2. The van der Waals surface area contributed by atoms with Crippen LogP contribution in [-0.4, -0.2) is 9.13 Å². The van der Waals surface area contributed by atoms with Crippen LogP contribution in [0.25, 0.3) is 56.2 Å². The van der Waals surface area contributed by atoms with E-state index in [1.54, 1.807) is 0 Å². The molecule has 2 aromatic heterocycles. The Labute approximate surface area is 213 Å². The molecule has 0 N–H and O–H groups in total. The lowest BCUT2D eigenvalue weighted by atomic mass is 10.1. The van der Waals surface area contributed by atoms with Gasteiger partial charge in [-0.15, -0.1) is 0 Å². The first-order valence-corrected chi connectivity index (χ1v) is 12.2. The van der Waals surface area contributed by atoms with E-state index in [0.717, 1.165) is 61.8 Å². The van der Waals surface area contributed by atoms with Crippen LogP contribution >= 0.6 is 0 Å². The smallest absolute Gasteiger partial charge is 0.101 e. The maximum Gasteiger partial charge on any atom is 0.101 e. The van der Waals surface area contributed by atoms with Gasteiger partial charge in [-0.2, -0.15) is 10.5 Å². The second-order valence-electron chi connectivity index (χ2n) is 9.17. The van der Waals surface area contributed by atoms with E-state index >= 15 is 0 Å². The maximum atomic E-state index is 9.99. The van der Waals surface area contributed by atoms with Gasteiger partial charge in [-0.25, -0.2) is 0 Å². The molecule has 1 aliphatic rings. The molecule has 0 saturated heterocycles. The van der Waals surface area contributed by atoms with E-state index in [1.807, 2.05) is 30.3 Å². The molecule has 7 rings (SSSR count). The van der Waals surface area contributed by atoms with Gasteiger partial charge in [0.15, 0.2) is 0 Å². The van der Waals surface area contributed by atoms with Crippen LogP contribution in [0.2, 0.25) is 0 Å². The van der Waals surface area contributed by atoms with Crippen LogP contribution in [0.3, 0.4) is 0 Å². The second kappa shape index (κ2) is 8.12. The summed E-state index contributed by atoms with van der Waals surface area (Å²) < 4.78 is 4.46. The van der Waals surface area contributed by atoms with Gasteiger partial charge in [-0.1, -0.05) is 72.8 Å². The molecule has 0 saturated carbocycles. The van der Waals surface area contributed by atoms with Gasteiger partial charge >= 0.3 is 0 Å². The highest BCUT2D eigenvalue weighted by molar-refractivity contribution is 6.09. The normalized spacial score (nSPS) is 12.5. The number of nitrogens with zero attached hydrogens (tertiary/aromatic N) is 4. The van der Waals surface area contributed by atoms with Crippen molar-refractivity contribution in [1.29, 1.82) is 10.5 Å². The second-order valence-corrected chi connectivity index (χ2v) is 9.17. The molecule has 2 heterocycles. The van der Waals surface area contributed by atoms with Gasteiger partial charge in [-0.05, 0) is 42.8 Å². The molecule has 172 valence electrons.